The Kier molecular flexibility index (Phi) is 10.7. The summed E-state index contributed by atoms with van der Waals surface area (Å²) in [7, 11) is 0. The van der Waals surface area contributed by atoms with E-state index in [9.17, 15) is 14.4 Å². The van der Waals surface area contributed by atoms with Crippen LogP contribution < -0.4 is 5.32 Å². The maximum Gasteiger partial charge on any atom is 0.362 e. The first-order valence-corrected chi connectivity index (χ1v) is 13.5. The molecular formula is C30H41N2O5+. The summed E-state index contributed by atoms with van der Waals surface area (Å²) in [5.74, 6) is -0.938. The van der Waals surface area contributed by atoms with Crippen LogP contribution in [-0.2, 0) is 25.7 Å². The number of anilines is 1. The Morgan fingerprint density at radius 3 is 2.22 bits per heavy atom. The number of likely N-dealkylation sites (tertiary alicyclic amines) is 1. The molecule has 0 saturated carbocycles. The molecule has 1 amide bonds. The molecule has 2 aromatic rings. The second-order valence-electron chi connectivity index (χ2n) is 9.87. The van der Waals surface area contributed by atoms with Crippen LogP contribution in [-0.4, -0.2) is 54.6 Å². The Morgan fingerprint density at radius 1 is 0.892 bits per heavy atom. The van der Waals surface area contributed by atoms with Gasteiger partial charge in [-0.05, 0) is 56.7 Å². The monoisotopic (exact) mass is 509 g/mol. The van der Waals surface area contributed by atoms with Gasteiger partial charge in [0, 0.05) is 6.42 Å². The zero-order chi connectivity index (χ0) is 26.7. The number of nitrogens with one attached hydrogen (secondary N) is 1. The number of hydrogen-bond acceptors (Lipinski definition) is 5. The molecule has 1 saturated heterocycles. The number of ether oxygens (including phenoxy) is 2. The molecule has 37 heavy (non-hydrogen) atoms. The predicted molar refractivity (Wildman–Crippen MR) is 144 cm³/mol. The van der Waals surface area contributed by atoms with Gasteiger partial charge in [-0.3, -0.25) is 4.79 Å². The Morgan fingerprint density at radius 2 is 1.57 bits per heavy atom. The highest BCUT2D eigenvalue weighted by atomic mass is 16.5. The Hall–Kier alpha value is -3.19. The normalized spacial score (nSPS) is 16.1. The summed E-state index contributed by atoms with van der Waals surface area (Å²) in [5, 5.41) is 3.05. The summed E-state index contributed by atoms with van der Waals surface area (Å²) in [6, 6.07) is 14.5. The highest BCUT2D eigenvalue weighted by Gasteiger charge is 2.43. The Balaban J connectivity index is 1.85. The molecule has 1 heterocycles. The Labute approximate surface area is 220 Å². The molecule has 1 atom stereocenters. The summed E-state index contributed by atoms with van der Waals surface area (Å²) in [4.78, 5) is 39.6. The summed E-state index contributed by atoms with van der Waals surface area (Å²) in [5.41, 5.74) is 2.54. The molecule has 3 rings (SSSR count). The molecule has 0 bridgehead atoms. The Bertz CT molecular complexity index is 1050. The first-order chi connectivity index (χ1) is 17.9. The number of rotatable bonds is 10. The number of amides is 1. The number of quaternary nitrogens is 1. The molecule has 0 aliphatic carbocycles. The third kappa shape index (κ3) is 7.65. The number of hydrogen-bond donors (Lipinski definition) is 1. The molecule has 0 radical (unpaired) electrons. The van der Waals surface area contributed by atoms with Crippen molar-refractivity contribution in [3.05, 3.63) is 65.2 Å². The van der Waals surface area contributed by atoms with Crippen molar-refractivity contribution in [1.82, 2.24) is 0 Å². The van der Waals surface area contributed by atoms with E-state index in [-0.39, 0.29) is 31.6 Å². The molecular weight excluding hydrogens is 468 g/mol. The van der Waals surface area contributed by atoms with Crippen molar-refractivity contribution in [3.63, 3.8) is 0 Å². The van der Waals surface area contributed by atoms with E-state index in [4.69, 9.17) is 9.47 Å². The first-order valence-electron chi connectivity index (χ1n) is 13.5. The third-order valence-corrected chi connectivity index (χ3v) is 7.26. The van der Waals surface area contributed by atoms with Gasteiger partial charge >= 0.3 is 11.9 Å². The molecule has 1 aliphatic heterocycles. The highest BCUT2D eigenvalue weighted by molar-refractivity contribution is 6.03. The molecule has 1 aliphatic rings. The van der Waals surface area contributed by atoms with Crippen molar-refractivity contribution in [2.75, 3.05) is 31.6 Å². The zero-order valence-electron chi connectivity index (χ0n) is 22.5. The van der Waals surface area contributed by atoms with Gasteiger partial charge in [0.1, 0.15) is 6.61 Å². The van der Waals surface area contributed by atoms with Crippen molar-refractivity contribution < 1.29 is 28.3 Å². The summed E-state index contributed by atoms with van der Waals surface area (Å²) >= 11 is 0. The van der Waals surface area contributed by atoms with E-state index >= 15 is 0 Å². The summed E-state index contributed by atoms with van der Waals surface area (Å²) in [6.45, 7) is 7.71. The number of esters is 2. The van der Waals surface area contributed by atoms with Crippen molar-refractivity contribution in [1.29, 1.82) is 0 Å². The van der Waals surface area contributed by atoms with Crippen molar-refractivity contribution in [2.45, 2.75) is 71.9 Å². The largest absolute Gasteiger partial charge is 0.462 e. The fraction of sp³-hybridized carbons (Fsp3) is 0.500. The average Bonchev–Trinajstić information content (AvgIpc) is 2.87. The lowest BCUT2D eigenvalue weighted by atomic mass is 10.00. The number of para-hydroxylation sites is 1. The average molecular weight is 510 g/mol. The molecule has 0 spiro atoms. The molecule has 0 aromatic heterocycles. The van der Waals surface area contributed by atoms with Gasteiger partial charge < -0.3 is 19.3 Å². The van der Waals surface area contributed by atoms with E-state index < -0.39 is 12.0 Å². The van der Waals surface area contributed by atoms with Crippen molar-refractivity contribution in [2.24, 2.45) is 0 Å². The summed E-state index contributed by atoms with van der Waals surface area (Å²) in [6.07, 6.45) is 5.82. The lowest BCUT2D eigenvalue weighted by molar-refractivity contribution is -0.937. The minimum absolute atomic E-state index is 0.150. The van der Waals surface area contributed by atoms with Crippen molar-refractivity contribution in [3.8, 4) is 0 Å². The van der Waals surface area contributed by atoms with E-state index in [1.54, 1.807) is 19.1 Å². The first kappa shape index (κ1) is 28.4. The van der Waals surface area contributed by atoms with E-state index in [0.717, 1.165) is 49.9 Å². The number of nitrogens with zero attached hydrogens (tertiary/aromatic N) is 1. The van der Waals surface area contributed by atoms with E-state index in [1.165, 1.54) is 6.42 Å². The predicted octanol–water partition coefficient (Wildman–Crippen LogP) is 5.41. The standard InChI is InChI=1S/C30H40N2O5/c1-4-26(29(34)31-28-23(3)15-14-18-25(28)30(35)36-5-2)32(19-12-7-6-8-13-20-32)21-27(33)37-22-24-16-10-9-11-17-24/h9-11,14-18,26H,4-8,12-13,19-22H2,1-3H3/p+1. The lowest BCUT2D eigenvalue weighted by Crippen LogP contribution is -2.63. The molecule has 1 fully saturated rings. The van der Waals surface area contributed by atoms with Gasteiger partial charge in [0.15, 0.2) is 12.6 Å². The van der Waals surface area contributed by atoms with E-state index in [1.807, 2.05) is 50.2 Å². The number of benzene rings is 2. The van der Waals surface area contributed by atoms with Crippen LogP contribution in [0.2, 0.25) is 0 Å². The SMILES string of the molecule is CCOC(=O)c1cccc(C)c1NC(=O)C(CC)[N+]1(CC(=O)OCc2ccccc2)CCCCCCC1. The van der Waals surface area contributed by atoms with Crippen LogP contribution in [0, 0.1) is 6.92 Å². The van der Waals surface area contributed by atoms with E-state index in [2.05, 4.69) is 5.32 Å². The highest BCUT2D eigenvalue weighted by Crippen LogP contribution is 2.28. The second kappa shape index (κ2) is 13.9. The van der Waals surface area contributed by atoms with Crippen LogP contribution in [0.15, 0.2) is 48.5 Å². The molecule has 7 heteroatoms. The van der Waals surface area contributed by atoms with Crippen LogP contribution in [0.4, 0.5) is 5.69 Å². The van der Waals surface area contributed by atoms with Gasteiger partial charge in [-0.25, -0.2) is 9.59 Å². The number of carbonyl (C=O) groups is 3. The van der Waals surface area contributed by atoms with Gasteiger partial charge in [0.2, 0.25) is 0 Å². The van der Waals surface area contributed by atoms with Crippen LogP contribution in [0.25, 0.3) is 0 Å². The fourth-order valence-electron chi connectivity index (χ4n) is 5.36. The fourth-order valence-corrected chi connectivity index (χ4v) is 5.36. The lowest BCUT2D eigenvalue weighted by Gasteiger charge is -2.44. The zero-order valence-corrected chi connectivity index (χ0v) is 22.5. The van der Waals surface area contributed by atoms with Gasteiger partial charge in [-0.1, -0.05) is 55.8 Å². The second-order valence-corrected chi connectivity index (χ2v) is 9.87. The molecule has 200 valence electrons. The van der Waals surface area contributed by atoms with Gasteiger partial charge in [-0.15, -0.1) is 0 Å². The van der Waals surface area contributed by atoms with Gasteiger partial charge in [0.25, 0.3) is 5.91 Å². The molecule has 1 N–H and O–H groups in total. The van der Waals surface area contributed by atoms with Gasteiger partial charge in [0.05, 0.1) is 30.9 Å². The van der Waals surface area contributed by atoms with Crippen LogP contribution >= 0.6 is 0 Å². The molecule has 7 nitrogen and oxygen atoms in total. The number of aryl methyl sites for hydroxylation is 1. The van der Waals surface area contributed by atoms with Crippen LogP contribution in [0.5, 0.6) is 0 Å². The topological polar surface area (TPSA) is 81.7 Å². The summed E-state index contributed by atoms with van der Waals surface area (Å²) < 4.78 is 11.3. The molecule has 2 aromatic carbocycles. The van der Waals surface area contributed by atoms with Crippen LogP contribution in [0.1, 0.15) is 73.9 Å². The third-order valence-electron chi connectivity index (χ3n) is 7.26. The quantitative estimate of drug-likeness (QED) is 0.342. The minimum Gasteiger partial charge on any atom is -0.462 e. The van der Waals surface area contributed by atoms with Crippen LogP contribution in [0.3, 0.4) is 0 Å². The smallest absolute Gasteiger partial charge is 0.362 e. The molecule has 1 unspecified atom stereocenters. The minimum atomic E-state index is -0.464. The maximum atomic E-state index is 13.9. The maximum absolute atomic E-state index is 13.9. The van der Waals surface area contributed by atoms with E-state index in [0.29, 0.717) is 22.2 Å². The van der Waals surface area contributed by atoms with Gasteiger partial charge in [-0.2, -0.15) is 0 Å². The number of carbonyl (C=O) groups excluding carboxylic acids is 3. The van der Waals surface area contributed by atoms with Crippen molar-refractivity contribution >= 4 is 23.5 Å².